The van der Waals surface area contributed by atoms with Crippen LogP contribution < -0.4 is 5.32 Å². The van der Waals surface area contributed by atoms with E-state index in [1.165, 1.54) is 0 Å². The summed E-state index contributed by atoms with van der Waals surface area (Å²) in [6, 6.07) is 7.27. The summed E-state index contributed by atoms with van der Waals surface area (Å²) < 4.78 is 37.0. The Labute approximate surface area is 127 Å². The molecule has 1 fully saturated rings. The molecule has 20 heavy (non-hydrogen) atoms. The predicted octanol–water partition coefficient (Wildman–Crippen LogP) is 3.66. The van der Waals surface area contributed by atoms with E-state index < -0.39 is 12.6 Å². The second kappa shape index (κ2) is 7.50. The van der Waals surface area contributed by atoms with Gasteiger partial charge in [0.1, 0.15) is 0 Å². The molecule has 0 saturated carbocycles. The summed E-state index contributed by atoms with van der Waals surface area (Å²) in [4.78, 5) is 1.87. The zero-order valence-electron chi connectivity index (χ0n) is 10.8. The Balaban J connectivity index is 0.00000200. The van der Waals surface area contributed by atoms with Gasteiger partial charge in [0.15, 0.2) is 0 Å². The smallest absolute Gasteiger partial charge is 0.314 e. The van der Waals surface area contributed by atoms with Crippen LogP contribution in [-0.4, -0.2) is 37.3 Å². The van der Waals surface area contributed by atoms with Crippen molar-refractivity contribution >= 4 is 24.0 Å². The molecule has 1 aliphatic rings. The molecule has 1 aromatic carbocycles. The van der Waals surface area contributed by atoms with Crippen LogP contribution in [0.4, 0.5) is 13.2 Å². The molecule has 1 heterocycles. The number of hydrogen-bond donors (Lipinski definition) is 1. The first-order valence-corrected chi connectivity index (χ1v) is 6.60. The van der Waals surface area contributed by atoms with E-state index in [1.807, 2.05) is 23.1 Å². The maximum atomic E-state index is 12.3. The van der Waals surface area contributed by atoms with Crippen LogP contribution in [0.3, 0.4) is 0 Å². The van der Waals surface area contributed by atoms with Crippen LogP contribution >= 0.6 is 24.0 Å². The lowest BCUT2D eigenvalue weighted by Crippen LogP contribution is -2.46. The van der Waals surface area contributed by atoms with Gasteiger partial charge in [-0.2, -0.15) is 13.2 Å². The van der Waals surface area contributed by atoms with Gasteiger partial charge in [0.05, 0.1) is 6.42 Å². The van der Waals surface area contributed by atoms with Crippen LogP contribution in [-0.2, 0) is 0 Å². The van der Waals surface area contributed by atoms with E-state index in [1.54, 1.807) is 6.07 Å². The number of halogens is 5. The topological polar surface area (TPSA) is 15.3 Å². The molecule has 1 aromatic rings. The Morgan fingerprint density at radius 3 is 2.75 bits per heavy atom. The molecule has 2 nitrogen and oxygen atoms in total. The zero-order valence-corrected chi connectivity index (χ0v) is 12.4. The number of piperazine rings is 1. The van der Waals surface area contributed by atoms with Gasteiger partial charge < -0.3 is 5.32 Å². The van der Waals surface area contributed by atoms with Crippen LogP contribution in [0.25, 0.3) is 0 Å². The number of alkyl halides is 3. The Morgan fingerprint density at radius 2 is 2.10 bits per heavy atom. The van der Waals surface area contributed by atoms with Crippen molar-refractivity contribution in [3.05, 3.63) is 34.9 Å². The normalized spacial score (nSPS) is 20.5. The highest BCUT2D eigenvalue weighted by Crippen LogP contribution is 2.27. The van der Waals surface area contributed by atoms with E-state index >= 15 is 0 Å². The largest absolute Gasteiger partial charge is 0.390 e. The highest BCUT2D eigenvalue weighted by Gasteiger charge is 2.31. The van der Waals surface area contributed by atoms with Crippen molar-refractivity contribution in [2.45, 2.75) is 18.6 Å². The van der Waals surface area contributed by atoms with Gasteiger partial charge in [-0.25, -0.2) is 0 Å². The molecule has 1 atom stereocenters. The van der Waals surface area contributed by atoms with Crippen molar-refractivity contribution in [3.63, 3.8) is 0 Å². The molecule has 0 radical (unpaired) electrons. The van der Waals surface area contributed by atoms with E-state index in [0.717, 1.165) is 12.1 Å². The van der Waals surface area contributed by atoms with Gasteiger partial charge in [0.2, 0.25) is 0 Å². The minimum Gasteiger partial charge on any atom is -0.314 e. The van der Waals surface area contributed by atoms with Gasteiger partial charge in [-0.05, 0) is 17.7 Å². The van der Waals surface area contributed by atoms with Gasteiger partial charge in [-0.1, -0.05) is 23.7 Å². The molecule has 0 bridgehead atoms. The summed E-state index contributed by atoms with van der Waals surface area (Å²) in [5.74, 6) is 0. The number of hydrogen-bond acceptors (Lipinski definition) is 2. The van der Waals surface area contributed by atoms with E-state index in [0.29, 0.717) is 18.1 Å². The molecule has 1 aliphatic heterocycles. The number of nitrogens with zero attached hydrogens (tertiary/aromatic N) is 1. The fourth-order valence-corrected chi connectivity index (χ4v) is 2.53. The van der Waals surface area contributed by atoms with Gasteiger partial charge in [-0.3, -0.25) is 4.90 Å². The van der Waals surface area contributed by atoms with Gasteiger partial charge in [0.25, 0.3) is 0 Å². The molecule has 1 N–H and O–H groups in total. The Morgan fingerprint density at radius 1 is 1.35 bits per heavy atom. The number of nitrogens with one attached hydrogen (secondary N) is 1. The first-order chi connectivity index (χ1) is 8.96. The fourth-order valence-electron chi connectivity index (χ4n) is 2.33. The van der Waals surface area contributed by atoms with Crippen molar-refractivity contribution < 1.29 is 13.2 Å². The summed E-state index contributed by atoms with van der Waals surface area (Å²) in [6.07, 6.45) is -4.88. The molecular formula is C13H17Cl2F3N2. The standard InChI is InChI=1S/C13H16ClF3N2.ClH/c14-11-3-1-2-10(8-11)12-9-18-5-7-19(12)6-4-13(15,16)17;/h1-3,8,12,18H,4-7,9H2;1H. The molecular weight excluding hydrogens is 312 g/mol. The molecule has 7 heteroatoms. The third-order valence-corrected chi connectivity index (χ3v) is 3.51. The van der Waals surface area contributed by atoms with Crippen molar-refractivity contribution in [2.75, 3.05) is 26.2 Å². The predicted molar refractivity (Wildman–Crippen MR) is 76.6 cm³/mol. The average Bonchev–Trinajstić information content (AvgIpc) is 2.36. The number of rotatable bonds is 3. The highest BCUT2D eigenvalue weighted by atomic mass is 35.5. The zero-order chi connectivity index (χ0) is 13.9. The molecule has 0 aromatic heterocycles. The molecule has 114 valence electrons. The van der Waals surface area contributed by atoms with E-state index in [9.17, 15) is 13.2 Å². The average molecular weight is 329 g/mol. The van der Waals surface area contributed by atoms with Gasteiger partial charge in [-0.15, -0.1) is 12.4 Å². The summed E-state index contributed by atoms with van der Waals surface area (Å²) in [5.41, 5.74) is 0.960. The van der Waals surface area contributed by atoms with Gasteiger partial charge in [0, 0.05) is 37.2 Å². The van der Waals surface area contributed by atoms with Gasteiger partial charge >= 0.3 is 6.18 Å². The molecule has 2 rings (SSSR count). The molecule has 0 aliphatic carbocycles. The highest BCUT2D eigenvalue weighted by molar-refractivity contribution is 6.30. The van der Waals surface area contributed by atoms with Crippen LogP contribution in [0.5, 0.6) is 0 Å². The maximum absolute atomic E-state index is 12.3. The Kier molecular flexibility index (Phi) is 6.58. The van der Waals surface area contributed by atoms with Crippen molar-refractivity contribution in [3.8, 4) is 0 Å². The third-order valence-electron chi connectivity index (χ3n) is 3.27. The minimum atomic E-state index is -4.11. The van der Waals surface area contributed by atoms with E-state index in [-0.39, 0.29) is 25.0 Å². The van der Waals surface area contributed by atoms with Crippen LogP contribution in [0.2, 0.25) is 5.02 Å². The van der Waals surface area contributed by atoms with Crippen LogP contribution in [0, 0.1) is 0 Å². The minimum absolute atomic E-state index is 0. The maximum Gasteiger partial charge on any atom is 0.390 e. The third kappa shape index (κ3) is 5.13. The summed E-state index contributed by atoms with van der Waals surface area (Å²) >= 11 is 5.94. The lowest BCUT2D eigenvalue weighted by atomic mass is 10.0. The van der Waals surface area contributed by atoms with Crippen molar-refractivity contribution in [2.24, 2.45) is 0 Å². The molecule has 1 saturated heterocycles. The summed E-state index contributed by atoms with van der Waals surface area (Å²) in [6.45, 7) is 2.02. The SMILES string of the molecule is Cl.FC(F)(F)CCN1CCNCC1c1cccc(Cl)c1. The van der Waals surface area contributed by atoms with Crippen molar-refractivity contribution in [1.82, 2.24) is 10.2 Å². The second-order valence-corrected chi connectivity index (χ2v) is 5.11. The lowest BCUT2D eigenvalue weighted by Gasteiger charge is -2.36. The molecule has 1 unspecified atom stereocenters. The summed E-state index contributed by atoms with van der Waals surface area (Å²) in [7, 11) is 0. The van der Waals surface area contributed by atoms with Crippen LogP contribution in [0.1, 0.15) is 18.0 Å². The molecule has 0 spiro atoms. The van der Waals surface area contributed by atoms with E-state index in [4.69, 9.17) is 11.6 Å². The second-order valence-electron chi connectivity index (χ2n) is 4.68. The Hall–Kier alpha value is -0.490. The molecule has 0 amide bonds. The first-order valence-electron chi connectivity index (χ1n) is 6.23. The number of benzene rings is 1. The van der Waals surface area contributed by atoms with Crippen LogP contribution in [0.15, 0.2) is 24.3 Å². The van der Waals surface area contributed by atoms with E-state index in [2.05, 4.69) is 5.32 Å². The monoisotopic (exact) mass is 328 g/mol. The Bertz CT molecular complexity index is 426. The first kappa shape index (κ1) is 17.6. The quantitative estimate of drug-likeness (QED) is 0.910. The summed E-state index contributed by atoms with van der Waals surface area (Å²) in [5, 5.41) is 3.82. The van der Waals surface area contributed by atoms with Crippen molar-refractivity contribution in [1.29, 1.82) is 0 Å². The fraction of sp³-hybridized carbons (Fsp3) is 0.538. The lowest BCUT2D eigenvalue weighted by molar-refractivity contribution is -0.139.